The van der Waals surface area contributed by atoms with E-state index in [9.17, 15) is 9.59 Å². The van der Waals surface area contributed by atoms with Crippen molar-refractivity contribution >= 4 is 52.3 Å². The third-order valence-corrected chi connectivity index (χ3v) is 8.77. The van der Waals surface area contributed by atoms with Gasteiger partial charge in [-0.3, -0.25) is 14.5 Å². The Morgan fingerprint density at radius 3 is 2.24 bits per heavy atom. The molecule has 2 atom stereocenters. The average molecular weight is 620 g/mol. The number of carbonyl (C=O) groups excluding carboxylic acids is 2. The van der Waals surface area contributed by atoms with Gasteiger partial charge >= 0.3 is 0 Å². The summed E-state index contributed by atoms with van der Waals surface area (Å²) in [5, 5.41) is 12.7. The minimum atomic E-state index is -0.334. The summed E-state index contributed by atoms with van der Waals surface area (Å²) < 4.78 is 1.57. The third-order valence-electron chi connectivity index (χ3n) is 7.75. The second-order valence-corrected chi connectivity index (χ2v) is 12.4. The van der Waals surface area contributed by atoms with Gasteiger partial charge in [0, 0.05) is 44.2 Å². The lowest BCUT2D eigenvalue weighted by atomic mass is 9.77. The summed E-state index contributed by atoms with van der Waals surface area (Å²) in [5.41, 5.74) is 5.42. The SMILES string of the molecule is Cc1cc(C)c(NC(=O)C2CCCCC2C(=O)N(C)CCN(C)Cc2cn(-c3cc(Cl)c(Cl)cc3Cl)nn2)c(C)c1. The zero-order valence-corrected chi connectivity index (χ0v) is 26.4. The Balaban J connectivity index is 1.34. The molecule has 0 spiro atoms. The number of halogens is 3. The van der Waals surface area contributed by atoms with Crippen LogP contribution in [0.2, 0.25) is 15.1 Å². The Bertz CT molecular complexity index is 1400. The monoisotopic (exact) mass is 618 g/mol. The first-order chi connectivity index (χ1) is 19.4. The van der Waals surface area contributed by atoms with E-state index >= 15 is 0 Å². The van der Waals surface area contributed by atoms with Gasteiger partial charge in [0.1, 0.15) is 0 Å². The van der Waals surface area contributed by atoms with E-state index in [0.29, 0.717) is 40.4 Å². The molecule has 0 saturated heterocycles. The summed E-state index contributed by atoms with van der Waals surface area (Å²) in [4.78, 5) is 30.7. The van der Waals surface area contributed by atoms with Gasteiger partial charge in [0.05, 0.1) is 32.6 Å². The quantitative estimate of drug-likeness (QED) is 0.277. The molecule has 1 aromatic heterocycles. The smallest absolute Gasteiger partial charge is 0.228 e. The van der Waals surface area contributed by atoms with Crippen molar-refractivity contribution in [2.45, 2.75) is 53.0 Å². The summed E-state index contributed by atoms with van der Waals surface area (Å²) in [6.45, 7) is 7.76. The van der Waals surface area contributed by atoms with Gasteiger partial charge in [-0.1, -0.05) is 70.6 Å². The minimum Gasteiger partial charge on any atom is -0.344 e. The first-order valence-electron chi connectivity index (χ1n) is 13.8. The number of rotatable bonds is 9. The Morgan fingerprint density at radius 1 is 0.927 bits per heavy atom. The van der Waals surface area contributed by atoms with Crippen LogP contribution in [0.3, 0.4) is 0 Å². The first kappa shape index (κ1) is 31.3. The van der Waals surface area contributed by atoms with Crippen LogP contribution in [0.15, 0.2) is 30.5 Å². The zero-order chi connectivity index (χ0) is 29.8. The Morgan fingerprint density at radius 2 is 1.56 bits per heavy atom. The zero-order valence-electron chi connectivity index (χ0n) is 24.2. The molecule has 0 radical (unpaired) electrons. The number of likely N-dealkylation sites (N-methyl/N-ethyl adjacent to an activating group) is 2. The van der Waals surface area contributed by atoms with Crippen LogP contribution in [-0.2, 0) is 16.1 Å². The number of aromatic nitrogens is 3. The second kappa shape index (κ2) is 13.6. The van der Waals surface area contributed by atoms with Crippen molar-refractivity contribution in [1.82, 2.24) is 24.8 Å². The first-order valence-corrected chi connectivity index (χ1v) is 15.0. The number of hydrogen-bond acceptors (Lipinski definition) is 5. The summed E-state index contributed by atoms with van der Waals surface area (Å²) in [6.07, 6.45) is 5.14. The molecule has 8 nitrogen and oxygen atoms in total. The summed E-state index contributed by atoms with van der Waals surface area (Å²) in [7, 11) is 3.78. The van der Waals surface area contributed by atoms with Crippen LogP contribution in [0.25, 0.3) is 5.69 Å². The van der Waals surface area contributed by atoms with Crippen LogP contribution in [-0.4, -0.2) is 63.8 Å². The largest absolute Gasteiger partial charge is 0.344 e. The van der Waals surface area contributed by atoms with Gasteiger partial charge in [-0.2, -0.15) is 0 Å². The summed E-state index contributed by atoms with van der Waals surface area (Å²) in [6, 6.07) is 7.36. The van der Waals surface area contributed by atoms with Crippen LogP contribution in [0.5, 0.6) is 0 Å². The van der Waals surface area contributed by atoms with E-state index in [1.165, 1.54) is 0 Å². The highest BCUT2D eigenvalue weighted by Crippen LogP contribution is 2.34. The number of carbonyl (C=O) groups is 2. The molecule has 0 bridgehead atoms. The number of nitrogens with zero attached hydrogens (tertiary/aromatic N) is 5. The lowest BCUT2D eigenvalue weighted by Gasteiger charge is -2.33. The number of nitrogens with one attached hydrogen (secondary N) is 1. The van der Waals surface area contributed by atoms with E-state index in [1.807, 2.05) is 34.9 Å². The van der Waals surface area contributed by atoms with Crippen LogP contribution in [0, 0.1) is 32.6 Å². The van der Waals surface area contributed by atoms with Crippen LogP contribution in [0.4, 0.5) is 5.69 Å². The maximum Gasteiger partial charge on any atom is 0.228 e. The molecule has 11 heteroatoms. The Hall–Kier alpha value is -2.65. The third kappa shape index (κ3) is 7.60. The summed E-state index contributed by atoms with van der Waals surface area (Å²) in [5.74, 6) is -0.690. The molecule has 1 aliphatic rings. The second-order valence-electron chi connectivity index (χ2n) is 11.1. The lowest BCUT2D eigenvalue weighted by Crippen LogP contribution is -2.44. The van der Waals surface area contributed by atoms with Crippen LogP contribution < -0.4 is 5.32 Å². The van der Waals surface area contributed by atoms with E-state index in [0.717, 1.165) is 53.8 Å². The maximum absolute atomic E-state index is 13.5. The highest BCUT2D eigenvalue weighted by Gasteiger charge is 2.37. The van der Waals surface area contributed by atoms with Gasteiger partial charge in [-0.25, -0.2) is 4.68 Å². The van der Waals surface area contributed by atoms with Crippen molar-refractivity contribution in [1.29, 1.82) is 0 Å². The molecular weight excluding hydrogens is 583 g/mol. The number of benzene rings is 2. The van der Waals surface area contributed by atoms with E-state index in [2.05, 4.69) is 32.7 Å². The maximum atomic E-state index is 13.5. The fourth-order valence-corrected chi connectivity index (χ4v) is 6.21. The number of aryl methyl sites for hydroxylation is 3. The molecule has 1 N–H and O–H groups in total. The highest BCUT2D eigenvalue weighted by molar-refractivity contribution is 6.43. The molecule has 2 amide bonds. The van der Waals surface area contributed by atoms with Gasteiger partial charge in [0.25, 0.3) is 0 Å². The predicted octanol–water partition coefficient (Wildman–Crippen LogP) is 6.49. The van der Waals surface area contributed by atoms with Crippen LogP contribution >= 0.6 is 34.8 Å². The molecule has 2 unspecified atom stereocenters. The molecule has 1 fully saturated rings. The van der Waals surface area contributed by atoms with Crippen molar-refractivity contribution in [2.24, 2.45) is 11.8 Å². The molecular formula is C30H37Cl3N6O2. The average Bonchev–Trinajstić information content (AvgIpc) is 3.38. The fraction of sp³-hybridized carbons (Fsp3) is 0.467. The molecule has 41 heavy (non-hydrogen) atoms. The minimum absolute atomic E-state index is 0.0239. The molecule has 1 aliphatic carbocycles. The van der Waals surface area contributed by atoms with Crippen molar-refractivity contribution in [3.8, 4) is 5.69 Å². The normalized spacial score (nSPS) is 17.1. The van der Waals surface area contributed by atoms with E-state index in [4.69, 9.17) is 34.8 Å². The van der Waals surface area contributed by atoms with Crippen molar-refractivity contribution in [3.05, 3.63) is 67.9 Å². The topological polar surface area (TPSA) is 83.4 Å². The fourth-order valence-electron chi connectivity index (χ4n) is 5.58. The van der Waals surface area contributed by atoms with Crippen molar-refractivity contribution < 1.29 is 9.59 Å². The molecule has 220 valence electrons. The van der Waals surface area contributed by atoms with Crippen molar-refractivity contribution in [2.75, 3.05) is 32.5 Å². The summed E-state index contributed by atoms with van der Waals surface area (Å²) >= 11 is 18.5. The number of anilines is 1. The van der Waals surface area contributed by atoms with Gasteiger partial charge in [-0.05, 0) is 63.9 Å². The Kier molecular flexibility index (Phi) is 10.3. The Labute approximate surface area is 256 Å². The number of hydrogen-bond donors (Lipinski definition) is 1. The van der Waals surface area contributed by atoms with E-state index in [-0.39, 0.29) is 23.7 Å². The molecule has 4 rings (SSSR count). The van der Waals surface area contributed by atoms with Gasteiger partial charge < -0.3 is 10.2 Å². The molecule has 1 heterocycles. The van der Waals surface area contributed by atoms with Gasteiger partial charge in [0.15, 0.2) is 0 Å². The standard InChI is InChI=1S/C30H37Cl3N6O2/c1-18-12-19(2)28(20(3)13-18)34-29(40)22-8-6-7-9-23(22)30(41)38(5)11-10-37(4)16-21-17-39(36-35-21)27-15-25(32)24(31)14-26(27)33/h12-15,17,22-23H,6-11,16H2,1-5H3,(H,34,40). The number of amides is 2. The van der Waals surface area contributed by atoms with Crippen molar-refractivity contribution in [3.63, 3.8) is 0 Å². The molecule has 1 saturated carbocycles. The molecule has 2 aromatic carbocycles. The predicted molar refractivity (Wildman–Crippen MR) is 165 cm³/mol. The highest BCUT2D eigenvalue weighted by atomic mass is 35.5. The van der Waals surface area contributed by atoms with Gasteiger partial charge in [0.2, 0.25) is 11.8 Å². The van der Waals surface area contributed by atoms with Gasteiger partial charge in [-0.15, -0.1) is 5.10 Å². The molecule has 0 aliphatic heterocycles. The van der Waals surface area contributed by atoms with E-state index in [1.54, 1.807) is 27.9 Å². The van der Waals surface area contributed by atoms with Crippen LogP contribution in [0.1, 0.15) is 48.1 Å². The molecule has 3 aromatic rings. The lowest BCUT2D eigenvalue weighted by molar-refractivity contribution is -0.141. The van der Waals surface area contributed by atoms with E-state index < -0.39 is 0 Å².